The fourth-order valence-corrected chi connectivity index (χ4v) is 3.84. The number of aryl methyl sites for hydroxylation is 2. The van der Waals surface area contributed by atoms with E-state index in [4.69, 9.17) is 0 Å². The minimum atomic E-state index is -5.00. The monoisotopic (exact) mass is 451 g/mol. The van der Waals surface area contributed by atoms with Crippen molar-refractivity contribution in [1.82, 2.24) is 19.7 Å². The number of halogens is 2. The first-order valence-electron chi connectivity index (χ1n) is 9.23. The predicted molar refractivity (Wildman–Crippen MR) is 108 cm³/mol. The Morgan fingerprint density at radius 1 is 1.26 bits per heavy atom. The second kappa shape index (κ2) is 8.76. The number of benzene rings is 1. The van der Waals surface area contributed by atoms with Crippen molar-refractivity contribution in [2.75, 3.05) is 5.32 Å². The number of rotatable bonds is 7. The van der Waals surface area contributed by atoms with Crippen LogP contribution in [0.3, 0.4) is 0 Å². The molecule has 2 heterocycles. The number of aromatic amines is 1. The molecule has 164 valence electrons. The summed E-state index contributed by atoms with van der Waals surface area (Å²) in [6, 6.07) is 7.48. The molecule has 2 N–H and O–H groups in total. The number of hydrogen-bond donors (Lipinski definition) is 2. The number of nitrogens with zero attached hydrogens (tertiary/aromatic N) is 3. The van der Waals surface area contributed by atoms with Crippen LogP contribution in [0, 0.1) is 6.92 Å². The van der Waals surface area contributed by atoms with Crippen molar-refractivity contribution >= 4 is 21.6 Å². The van der Waals surface area contributed by atoms with Crippen molar-refractivity contribution in [2.24, 2.45) is 0 Å². The van der Waals surface area contributed by atoms with E-state index in [1.165, 1.54) is 28.9 Å². The molecule has 0 atom stereocenters. The van der Waals surface area contributed by atoms with Crippen LogP contribution in [0.2, 0.25) is 0 Å². The third-order valence-corrected chi connectivity index (χ3v) is 5.67. The molecule has 1 aromatic carbocycles. The quantitative estimate of drug-likeness (QED) is 0.568. The zero-order valence-electron chi connectivity index (χ0n) is 16.6. The van der Waals surface area contributed by atoms with E-state index in [2.05, 4.69) is 20.4 Å². The summed E-state index contributed by atoms with van der Waals surface area (Å²) in [6.45, 7) is 3.56. The first kappa shape index (κ1) is 22.3. The van der Waals surface area contributed by atoms with Crippen molar-refractivity contribution in [1.29, 1.82) is 0 Å². The van der Waals surface area contributed by atoms with Crippen molar-refractivity contribution in [3.05, 3.63) is 63.7 Å². The largest absolute Gasteiger partial charge is 0.341 e. The van der Waals surface area contributed by atoms with Gasteiger partial charge in [0.15, 0.2) is 0 Å². The minimum Gasteiger partial charge on any atom is -0.306 e. The van der Waals surface area contributed by atoms with Gasteiger partial charge in [-0.3, -0.25) is 14.6 Å². The number of alkyl halides is 2. The van der Waals surface area contributed by atoms with Gasteiger partial charge < -0.3 is 5.32 Å². The fraction of sp³-hybridized carbons (Fsp3) is 0.263. The second-order valence-electron chi connectivity index (χ2n) is 6.65. The number of sulfone groups is 1. The van der Waals surface area contributed by atoms with E-state index in [1.54, 1.807) is 6.92 Å². The molecule has 3 aromatic rings. The van der Waals surface area contributed by atoms with Crippen LogP contribution in [0.1, 0.15) is 35.1 Å². The van der Waals surface area contributed by atoms with Gasteiger partial charge in [-0.25, -0.2) is 13.4 Å². The van der Waals surface area contributed by atoms with Crippen molar-refractivity contribution in [3.63, 3.8) is 0 Å². The first-order valence-corrected chi connectivity index (χ1v) is 10.8. The molecule has 0 radical (unpaired) electrons. The van der Waals surface area contributed by atoms with Crippen LogP contribution in [-0.2, 0) is 16.3 Å². The number of carbonyl (C=O) groups is 1. The molecule has 2 aromatic heterocycles. The molecule has 0 aliphatic rings. The summed E-state index contributed by atoms with van der Waals surface area (Å²) in [5.41, 5.74) is 0.133. The molecule has 0 bridgehead atoms. The lowest BCUT2D eigenvalue weighted by molar-refractivity contribution is 0.102. The molecule has 0 saturated carbocycles. The maximum atomic E-state index is 13.0. The lowest BCUT2D eigenvalue weighted by Crippen LogP contribution is -2.22. The fourth-order valence-electron chi connectivity index (χ4n) is 2.91. The maximum absolute atomic E-state index is 13.0. The van der Waals surface area contributed by atoms with Gasteiger partial charge in [-0.2, -0.15) is 18.6 Å². The number of amides is 1. The minimum absolute atomic E-state index is 0.0489. The summed E-state index contributed by atoms with van der Waals surface area (Å²) >= 11 is 0. The molecule has 0 aliphatic heterocycles. The number of H-pyrrole nitrogens is 1. The van der Waals surface area contributed by atoms with Crippen LogP contribution in [0.5, 0.6) is 0 Å². The first-order chi connectivity index (χ1) is 14.6. The molecule has 9 nitrogen and oxygen atoms in total. The highest BCUT2D eigenvalue weighted by Gasteiger charge is 2.31. The zero-order valence-corrected chi connectivity index (χ0v) is 17.4. The molecule has 3 rings (SSSR count). The van der Waals surface area contributed by atoms with E-state index in [0.29, 0.717) is 17.8 Å². The van der Waals surface area contributed by atoms with E-state index < -0.39 is 37.5 Å². The van der Waals surface area contributed by atoms with E-state index in [0.717, 1.165) is 18.6 Å². The van der Waals surface area contributed by atoms with E-state index in [-0.39, 0.29) is 11.8 Å². The van der Waals surface area contributed by atoms with Gasteiger partial charge in [0, 0.05) is 17.8 Å². The van der Waals surface area contributed by atoms with Crippen LogP contribution in [0.25, 0.3) is 5.95 Å². The summed E-state index contributed by atoms with van der Waals surface area (Å²) in [6.07, 6.45) is 1.31. The topological polar surface area (TPSA) is 127 Å². The predicted octanol–water partition coefficient (Wildman–Crippen LogP) is 2.47. The third kappa shape index (κ3) is 4.68. The Balaban J connectivity index is 2.02. The van der Waals surface area contributed by atoms with E-state index in [9.17, 15) is 26.8 Å². The molecule has 0 unspecified atom stereocenters. The summed E-state index contributed by atoms with van der Waals surface area (Å²) in [4.78, 5) is 30.8. The number of nitrogens with one attached hydrogen (secondary N) is 2. The highest BCUT2D eigenvalue weighted by atomic mass is 32.2. The Kier molecular flexibility index (Phi) is 6.29. The van der Waals surface area contributed by atoms with Gasteiger partial charge in [0.1, 0.15) is 5.82 Å². The van der Waals surface area contributed by atoms with E-state index >= 15 is 0 Å². The number of aromatic nitrogens is 4. The van der Waals surface area contributed by atoms with Crippen LogP contribution in [0.15, 0.2) is 46.1 Å². The normalized spacial score (nSPS) is 11.6. The molecule has 0 spiro atoms. The van der Waals surface area contributed by atoms with Crippen molar-refractivity contribution < 1.29 is 22.0 Å². The molecule has 12 heteroatoms. The van der Waals surface area contributed by atoms with Gasteiger partial charge >= 0.3 is 5.76 Å². The average Bonchev–Trinajstić information content (AvgIpc) is 3.07. The van der Waals surface area contributed by atoms with E-state index in [1.807, 2.05) is 6.92 Å². The van der Waals surface area contributed by atoms with Crippen LogP contribution >= 0.6 is 0 Å². The van der Waals surface area contributed by atoms with Crippen LogP contribution < -0.4 is 10.9 Å². The molecular weight excluding hydrogens is 432 g/mol. The summed E-state index contributed by atoms with van der Waals surface area (Å²) < 4.78 is 51.1. The van der Waals surface area contributed by atoms with Crippen molar-refractivity contribution in [3.8, 4) is 5.95 Å². The standard InChI is InChI=1S/C19H19F2N5O4S/c1-3-6-12-10-16(27)24-19(22-12)26-15(9-11(2)25-26)23-17(28)13-7-4-5-8-14(13)31(29,30)18(20)21/h4-5,7-10,18H,3,6H2,1-2H3,(H,23,28)(H,22,24,27). The Labute approximate surface area is 176 Å². The van der Waals surface area contributed by atoms with Crippen LogP contribution in [0.4, 0.5) is 14.6 Å². The smallest absolute Gasteiger partial charge is 0.306 e. The van der Waals surface area contributed by atoms with Gasteiger partial charge in [0.25, 0.3) is 11.5 Å². The summed E-state index contributed by atoms with van der Waals surface area (Å²) in [5, 5.41) is 6.66. The van der Waals surface area contributed by atoms with Gasteiger partial charge in [0.2, 0.25) is 15.8 Å². The van der Waals surface area contributed by atoms with Crippen molar-refractivity contribution in [2.45, 2.75) is 37.3 Å². The Morgan fingerprint density at radius 2 is 1.97 bits per heavy atom. The summed E-state index contributed by atoms with van der Waals surface area (Å²) in [7, 11) is -5.00. The highest BCUT2D eigenvalue weighted by molar-refractivity contribution is 7.91. The molecule has 0 saturated heterocycles. The van der Waals surface area contributed by atoms with Gasteiger partial charge in [-0.1, -0.05) is 25.5 Å². The third-order valence-electron chi connectivity index (χ3n) is 4.23. The zero-order chi connectivity index (χ0) is 22.8. The van der Waals surface area contributed by atoms with Gasteiger partial charge in [-0.05, 0) is 25.5 Å². The maximum Gasteiger partial charge on any atom is 0.341 e. The molecule has 0 fully saturated rings. The Morgan fingerprint density at radius 3 is 2.65 bits per heavy atom. The highest BCUT2D eigenvalue weighted by Crippen LogP contribution is 2.24. The number of hydrogen-bond acceptors (Lipinski definition) is 6. The van der Waals surface area contributed by atoms with Gasteiger partial charge in [0.05, 0.1) is 16.2 Å². The lowest BCUT2D eigenvalue weighted by Gasteiger charge is -2.12. The Hall–Kier alpha value is -3.41. The second-order valence-corrected chi connectivity index (χ2v) is 8.54. The molecule has 1 amide bonds. The molecule has 31 heavy (non-hydrogen) atoms. The summed E-state index contributed by atoms with van der Waals surface area (Å²) in [5.74, 6) is -4.49. The van der Waals surface area contributed by atoms with Crippen LogP contribution in [-0.4, -0.2) is 39.8 Å². The number of anilines is 1. The number of carbonyl (C=O) groups excluding carboxylic acids is 1. The molecular formula is C19H19F2N5O4S. The molecule has 0 aliphatic carbocycles. The lowest BCUT2D eigenvalue weighted by atomic mass is 10.2. The SMILES string of the molecule is CCCc1cc(=O)[nH]c(-n2nc(C)cc2NC(=O)c2ccccc2S(=O)(=O)C(F)F)n1. The van der Waals surface area contributed by atoms with Gasteiger partial charge in [-0.15, -0.1) is 0 Å². The Bertz CT molecular complexity index is 1280. The average molecular weight is 451 g/mol.